The maximum Gasteiger partial charge on any atom is 0.338 e. The lowest BCUT2D eigenvalue weighted by Gasteiger charge is -2.05. The lowest BCUT2D eigenvalue weighted by molar-refractivity contribution is 0.0499. The molecule has 3 nitrogen and oxygen atoms in total. The monoisotopic (exact) mass is 193 g/mol. The molecular weight excluding hydrogens is 180 g/mol. The number of carbonyl (C=O) groups is 1. The average Bonchev–Trinajstić information content (AvgIpc) is 2.25. The highest BCUT2D eigenvalue weighted by Crippen LogP contribution is 2.10. The Kier molecular flexibility index (Phi) is 4.13. The van der Waals surface area contributed by atoms with Gasteiger partial charge < -0.3 is 4.74 Å². The van der Waals surface area contributed by atoms with E-state index < -0.39 is 12.6 Å². The van der Waals surface area contributed by atoms with E-state index in [1.165, 1.54) is 0 Å². The lowest BCUT2D eigenvalue weighted by atomic mass is 10.1. The van der Waals surface area contributed by atoms with Crippen molar-refractivity contribution in [2.24, 2.45) is 0 Å². The number of benzene rings is 1. The summed E-state index contributed by atoms with van der Waals surface area (Å²) in [5.41, 5.74) is 0.879. The van der Waals surface area contributed by atoms with E-state index in [1.54, 1.807) is 24.3 Å². The summed E-state index contributed by atoms with van der Waals surface area (Å²) in [7, 11) is 0. The summed E-state index contributed by atoms with van der Waals surface area (Å²) in [5, 5.41) is 10.7. The number of hydrogen-bond acceptors (Lipinski definition) is 2. The summed E-state index contributed by atoms with van der Waals surface area (Å²) in [6.07, 6.45) is 0.783. The second-order valence-electron chi connectivity index (χ2n) is 2.94. The first-order chi connectivity index (χ1) is 6.79. The number of esters is 1. The van der Waals surface area contributed by atoms with Gasteiger partial charge >= 0.3 is 5.97 Å². The van der Waals surface area contributed by atoms with Crippen molar-refractivity contribution in [1.82, 2.24) is 0 Å². The van der Waals surface area contributed by atoms with Gasteiger partial charge in [0.1, 0.15) is 6.61 Å². The molecule has 0 saturated carbocycles. The van der Waals surface area contributed by atoms with Gasteiger partial charge in [-0.25, -0.2) is 9.90 Å². The van der Waals surface area contributed by atoms with Crippen molar-refractivity contribution in [2.75, 3.05) is 6.61 Å². The molecule has 0 heterocycles. The van der Waals surface area contributed by atoms with Crippen LogP contribution in [0.2, 0.25) is 0 Å². The van der Waals surface area contributed by atoms with Gasteiger partial charge in [-0.1, -0.05) is 25.1 Å². The quantitative estimate of drug-likeness (QED) is 0.688. The molecule has 0 spiro atoms. The molecular formula is C11H13O3. The normalized spacial score (nSPS) is 9.86. The van der Waals surface area contributed by atoms with Crippen molar-refractivity contribution in [3.05, 3.63) is 35.4 Å². The van der Waals surface area contributed by atoms with E-state index in [2.05, 4.69) is 0 Å². The molecule has 0 fully saturated rings. The first-order valence-corrected chi connectivity index (χ1v) is 4.62. The molecule has 0 amide bonds. The maximum atomic E-state index is 11.4. The molecule has 0 aromatic heterocycles. The summed E-state index contributed by atoms with van der Waals surface area (Å²) < 4.78 is 4.94. The lowest BCUT2D eigenvalue weighted by Crippen LogP contribution is -2.08. The molecule has 0 aliphatic carbocycles. The SMILES string of the molecule is CCCOC(=O)c1ccccc1C[O]. The van der Waals surface area contributed by atoms with Crippen LogP contribution in [-0.2, 0) is 16.5 Å². The van der Waals surface area contributed by atoms with Gasteiger partial charge in [0, 0.05) is 0 Å². The van der Waals surface area contributed by atoms with Gasteiger partial charge in [-0.2, -0.15) is 0 Å². The van der Waals surface area contributed by atoms with Crippen LogP contribution in [0, 0.1) is 0 Å². The molecule has 0 aliphatic rings. The van der Waals surface area contributed by atoms with E-state index in [1.807, 2.05) is 6.92 Å². The minimum atomic E-state index is -0.404. The van der Waals surface area contributed by atoms with Crippen molar-refractivity contribution in [1.29, 1.82) is 0 Å². The Labute approximate surface area is 83.3 Å². The first kappa shape index (κ1) is 10.7. The molecule has 0 aliphatic heterocycles. The molecule has 0 N–H and O–H groups in total. The van der Waals surface area contributed by atoms with Gasteiger partial charge in [0.15, 0.2) is 0 Å². The van der Waals surface area contributed by atoms with Gasteiger partial charge in [-0.15, -0.1) is 0 Å². The van der Waals surface area contributed by atoms with Gasteiger partial charge in [-0.3, -0.25) is 0 Å². The first-order valence-electron chi connectivity index (χ1n) is 4.62. The predicted octanol–water partition coefficient (Wildman–Crippen LogP) is 2.18. The summed E-state index contributed by atoms with van der Waals surface area (Å²) in [6, 6.07) is 6.73. The van der Waals surface area contributed by atoms with Gasteiger partial charge in [-0.05, 0) is 18.1 Å². The fourth-order valence-electron chi connectivity index (χ4n) is 1.12. The summed E-state index contributed by atoms with van der Waals surface area (Å²) in [4.78, 5) is 11.4. The minimum Gasteiger partial charge on any atom is -0.462 e. The molecule has 75 valence electrons. The van der Waals surface area contributed by atoms with Crippen LogP contribution in [0.15, 0.2) is 24.3 Å². The van der Waals surface area contributed by atoms with E-state index in [-0.39, 0.29) is 0 Å². The standard InChI is InChI=1S/C11H13O3/c1-2-7-14-11(13)10-6-4-3-5-9(10)8-12/h3-6H,2,7-8H2,1H3. The van der Waals surface area contributed by atoms with Crippen LogP contribution in [0.5, 0.6) is 0 Å². The number of hydrogen-bond donors (Lipinski definition) is 0. The van der Waals surface area contributed by atoms with E-state index in [0.717, 1.165) is 6.42 Å². The van der Waals surface area contributed by atoms with E-state index in [4.69, 9.17) is 4.74 Å². The number of ether oxygens (including phenoxy) is 1. The molecule has 3 heteroatoms. The van der Waals surface area contributed by atoms with Crippen molar-refractivity contribution < 1.29 is 14.6 Å². The molecule has 1 aromatic rings. The molecule has 1 aromatic carbocycles. The van der Waals surface area contributed by atoms with Crippen LogP contribution in [0.25, 0.3) is 0 Å². The Hall–Kier alpha value is -1.35. The number of rotatable bonds is 4. The van der Waals surface area contributed by atoms with Crippen molar-refractivity contribution in [3.8, 4) is 0 Å². The molecule has 1 radical (unpaired) electrons. The predicted molar refractivity (Wildman–Crippen MR) is 51.4 cm³/mol. The van der Waals surface area contributed by atoms with E-state index >= 15 is 0 Å². The Morgan fingerprint density at radius 2 is 2.07 bits per heavy atom. The molecule has 0 saturated heterocycles. The van der Waals surface area contributed by atoms with Crippen molar-refractivity contribution >= 4 is 5.97 Å². The topological polar surface area (TPSA) is 46.2 Å². The zero-order chi connectivity index (χ0) is 10.4. The molecule has 0 bridgehead atoms. The van der Waals surface area contributed by atoms with Crippen LogP contribution < -0.4 is 0 Å². The second kappa shape index (κ2) is 5.40. The summed E-state index contributed by atoms with van der Waals surface area (Å²) >= 11 is 0. The highest BCUT2D eigenvalue weighted by atomic mass is 16.5. The second-order valence-corrected chi connectivity index (χ2v) is 2.94. The summed E-state index contributed by atoms with van der Waals surface area (Å²) in [5.74, 6) is -0.404. The zero-order valence-electron chi connectivity index (χ0n) is 8.16. The average molecular weight is 193 g/mol. The van der Waals surface area contributed by atoms with E-state index in [0.29, 0.717) is 17.7 Å². The maximum absolute atomic E-state index is 11.4. The van der Waals surface area contributed by atoms with Crippen LogP contribution >= 0.6 is 0 Å². The zero-order valence-corrected chi connectivity index (χ0v) is 8.16. The van der Waals surface area contributed by atoms with Gasteiger partial charge in [0.05, 0.1) is 12.2 Å². The third kappa shape index (κ3) is 2.57. The smallest absolute Gasteiger partial charge is 0.338 e. The van der Waals surface area contributed by atoms with Gasteiger partial charge in [0.2, 0.25) is 0 Å². The third-order valence-electron chi connectivity index (χ3n) is 1.83. The highest BCUT2D eigenvalue weighted by Gasteiger charge is 2.10. The van der Waals surface area contributed by atoms with Crippen LogP contribution in [0.1, 0.15) is 29.3 Å². The Morgan fingerprint density at radius 3 is 2.71 bits per heavy atom. The third-order valence-corrected chi connectivity index (χ3v) is 1.83. The minimum absolute atomic E-state index is 0.385. The van der Waals surface area contributed by atoms with Crippen LogP contribution in [0.4, 0.5) is 0 Å². The number of carbonyl (C=O) groups excluding carboxylic acids is 1. The molecule has 14 heavy (non-hydrogen) atoms. The Balaban J connectivity index is 2.78. The molecule has 1 rings (SSSR count). The Bertz CT molecular complexity index is 307. The summed E-state index contributed by atoms with van der Waals surface area (Å²) in [6.45, 7) is 1.93. The van der Waals surface area contributed by atoms with Gasteiger partial charge in [0.25, 0.3) is 0 Å². The largest absolute Gasteiger partial charge is 0.462 e. The fraction of sp³-hybridized carbons (Fsp3) is 0.364. The highest BCUT2D eigenvalue weighted by molar-refractivity contribution is 5.91. The molecule has 0 atom stereocenters. The van der Waals surface area contributed by atoms with Crippen LogP contribution in [-0.4, -0.2) is 12.6 Å². The van der Waals surface area contributed by atoms with E-state index in [9.17, 15) is 9.90 Å². The molecule has 0 unspecified atom stereocenters. The fourth-order valence-corrected chi connectivity index (χ4v) is 1.12. The Morgan fingerprint density at radius 1 is 1.36 bits per heavy atom. The van der Waals surface area contributed by atoms with Crippen LogP contribution in [0.3, 0.4) is 0 Å². The van der Waals surface area contributed by atoms with Crippen molar-refractivity contribution in [2.45, 2.75) is 20.0 Å². The van der Waals surface area contributed by atoms with Crippen molar-refractivity contribution in [3.63, 3.8) is 0 Å².